The number of hydrogen-bond donors (Lipinski definition) is 1. The van der Waals surface area contributed by atoms with Crippen LogP contribution < -0.4 is 5.32 Å². The van der Waals surface area contributed by atoms with E-state index < -0.39 is 0 Å². The molecule has 2 heterocycles. The van der Waals surface area contributed by atoms with Gasteiger partial charge in [-0.3, -0.25) is 0 Å². The van der Waals surface area contributed by atoms with Gasteiger partial charge in [0.1, 0.15) is 0 Å². The van der Waals surface area contributed by atoms with Crippen molar-refractivity contribution in [2.24, 2.45) is 0 Å². The molecule has 1 N–H and O–H groups in total. The Bertz CT molecular complexity index is 775. The van der Waals surface area contributed by atoms with E-state index in [9.17, 15) is 0 Å². The van der Waals surface area contributed by atoms with Gasteiger partial charge in [-0.25, -0.2) is 9.97 Å². The Kier molecular flexibility index (Phi) is 2.71. The van der Waals surface area contributed by atoms with Crippen molar-refractivity contribution < 1.29 is 0 Å². The molecule has 1 aliphatic rings. The molecule has 1 aromatic heterocycles. The van der Waals surface area contributed by atoms with Gasteiger partial charge in [-0.2, -0.15) is 0 Å². The molecule has 0 saturated carbocycles. The quantitative estimate of drug-likeness (QED) is 0.732. The molecule has 98 valence electrons. The molecule has 3 heteroatoms. The first-order valence-electron chi connectivity index (χ1n) is 6.95. The normalized spacial score (nSPS) is 14.2. The minimum Gasteiger partial charge on any atom is -0.312 e. The highest BCUT2D eigenvalue weighted by molar-refractivity contribution is 5.94. The van der Waals surface area contributed by atoms with Gasteiger partial charge in [0.15, 0.2) is 5.82 Å². The average molecular weight is 261 g/mol. The summed E-state index contributed by atoms with van der Waals surface area (Å²) in [6.45, 7) is 1.88. The second-order valence-electron chi connectivity index (χ2n) is 5.12. The fourth-order valence-electron chi connectivity index (χ4n) is 2.79. The highest BCUT2D eigenvalue weighted by atomic mass is 14.9. The molecule has 0 atom stereocenters. The van der Waals surface area contributed by atoms with E-state index in [1.165, 1.54) is 22.0 Å². The van der Waals surface area contributed by atoms with Gasteiger partial charge in [-0.05, 0) is 10.8 Å². The van der Waals surface area contributed by atoms with E-state index in [2.05, 4.69) is 52.8 Å². The number of hydrogen-bond acceptors (Lipinski definition) is 3. The molecule has 3 nitrogen and oxygen atoms in total. The largest absolute Gasteiger partial charge is 0.312 e. The fraction of sp³-hybridized carbons (Fsp3) is 0.176. The zero-order chi connectivity index (χ0) is 13.4. The molecule has 0 amide bonds. The lowest BCUT2D eigenvalue weighted by Gasteiger charge is -2.16. The molecule has 1 aliphatic heterocycles. The van der Waals surface area contributed by atoms with E-state index in [0.717, 1.165) is 30.9 Å². The maximum absolute atomic E-state index is 4.78. The molecule has 4 rings (SSSR count). The van der Waals surface area contributed by atoms with Crippen molar-refractivity contribution in [1.29, 1.82) is 0 Å². The maximum atomic E-state index is 4.78. The van der Waals surface area contributed by atoms with Crippen LogP contribution in [0.25, 0.3) is 22.2 Å². The summed E-state index contributed by atoms with van der Waals surface area (Å²) in [6.07, 6.45) is 2.95. The topological polar surface area (TPSA) is 37.8 Å². The van der Waals surface area contributed by atoms with Gasteiger partial charge in [-0.15, -0.1) is 0 Å². The third-order valence-electron chi connectivity index (χ3n) is 3.84. The predicted octanol–water partition coefficient (Wildman–Crippen LogP) is 2.94. The van der Waals surface area contributed by atoms with E-state index in [-0.39, 0.29) is 0 Å². The molecular formula is C17H15N3. The van der Waals surface area contributed by atoms with Crippen molar-refractivity contribution in [3.8, 4) is 11.4 Å². The van der Waals surface area contributed by atoms with Gasteiger partial charge in [0, 0.05) is 36.8 Å². The van der Waals surface area contributed by atoms with Crippen LogP contribution in [0.2, 0.25) is 0 Å². The predicted molar refractivity (Wildman–Crippen MR) is 80.4 cm³/mol. The van der Waals surface area contributed by atoms with Crippen LogP contribution in [0.5, 0.6) is 0 Å². The molecule has 0 fully saturated rings. The molecule has 0 aliphatic carbocycles. The monoisotopic (exact) mass is 261 g/mol. The summed E-state index contributed by atoms with van der Waals surface area (Å²) in [5.74, 6) is 0.836. The van der Waals surface area contributed by atoms with Gasteiger partial charge in [0.05, 0.1) is 5.69 Å². The number of rotatable bonds is 1. The lowest BCUT2D eigenvalue weighted by Crippen LogP contribution is -2.24. The second kappa shape index (κ2) is 4.69. The Morgan fingerprint density at radius 1 is 1.00 bits per heavy atom. The molecule has 0 radical (unpaired) electrons. The number of aromatic nitrogens is 2. The minimum absolute atomic E-state index is 0.836. The number of nitrogens with one attached hydrogen (secondary N) is 1. The SMILES string of the molecule is c1ccc2c(-c3ncc4c(n3)CCNC4)cccc2c1. The summed E-state index contributed by atoms with van der Waals surface area (Å²) in [7, 11) is 0. The number of benzene rings is 2. The van der Waals surface area contributed by atoms with Crippen LogP contribution >= 0.6 is 0 Å². The first kappa shape index (κ1) is 11.6. The lowest BCUT2D eigenvalue weighted by molar-refractivity contribution is 0.626. The van der Waals surface area contributed by atoms with Crippen LogP contribution in [0, 0.1) is 0 Å². The van der Waals surface area contributed by atoms with E-state index in [0.29, 0.717) is 0 Å². The fourth-order valence-corrected chi connectivity index (χ4v) is 2.79. The zero-order valence-corrected chi connectivity index (χ0v) is 11.1. The zero-order valence-electron chi connectivity index (χ0n) is 11.1. The summed E-state index contributed by atoms with van der Waals surface area (Å²) in [5.41, 5.74) is 3.52. The average Bonchev–Trinajstić information content (AvgIpc) is 2.54. The summed E-state index contributed by atoms with van der Waals surface area (Å²) >= 11 is 0. The van der Waals surface area contributed by atoms with E-state index >= 15 is 0 Å². The standard InChI is InChI=1S/C17H15N3/c1-2-6-14-12(4-1)5-3-7-15(14)17-19-11-13-10-18-9-8-16(13)20-17/h1-7,11,18H,8-10H2. The Morgan fingerprint density at radius 3 is 2.90 bits per heavy atom. The number of fused-ring (bicyclic) bond motifs is 2. The van der Waals surface area contributed by atoms with Crippen molar-refractivity contribution in [2.45, 2.75) is 13.0 Å². The van der Waals surface area contributed by atoms with E-state index in [1.807, 2.05) is 6.20 Å². The van der Waals surface area contributed by atoms with Gasteiger partial charge >= 0.3 is 0 Å². The van der Waals surface area contributed by atoms with Crippen LogP contribution in [-0.2, 0) is 13.0 Å². The Hall–Kier alpha value is -2.26. The van der Waals surface area contributed by atoms with Crippen molar-refractivity contribution in [2.75, 3.05) is 6.54 Å². The van der Waals surface area contributed by atoms with Crippen LogP contribution in [0.4, 0.5) is 0 Å². The Balaban J connectivity index is 1.91. The molecular weight excluding hydrogens is 246 g/mol. The van der Waals surface area contributed by atoms with Crippen LogP contribution in [0.15, 0.2) is 48.7 Å². The summed E-state index contributed by atoms with van der Waals surface area (Å²) in [4.78, 5) is 9.34. The van der Waals surface area contributed by atoms with Crippen molar-refractivity contribution >= 4 is 10.8 Å². The third kappa shape index (κ3) is 1.87. The second-order valence-corrected chi connectivity index (χ2v) is 5.12. The van der Waals surface area contributed by atoms with Crippen LogP contribution in [0.3, 0.4) is 0 Å². The van der Waals surface area contributed by atoms with E-state index in [4.69, 9.17) is 4.98 Å². The van der Waals surface area contributed by atoms with Gasteiger partial charge in [0.25, 0.3) is 0 Å². The van der Waals surface area contributed by atoms with Gasteiger partial charge in [-0.1, -0.05) is 42.5 Å². The van der Waals surface area contributed by atoms with Crippen molar-refractivity contribution in [3.63, 3.8) is 0 Å². The first-order chi connectivity index (χ1) is 9.92. The molecule has 0 saturated heterocycles. The molecule has 3 aromatic rings. The van der Waals surface area contributed by atoms with E-state index in [1.54, 1.807) is 0 Å². The molecule has 0 unspecified atom stereocenters. The van der Waals surface area contributed by atoms with Crippen LogP contribution in [-0.4, -0.2) is 16.5 Å². The summed E-state index contributed by atoms with van der Waals surface area (Å²) in [6, 6.07) is 14.7. The van der Waals surface area contributed by atoms with Gasteiger partial charge in [0.2, 0.25) is 0 Å². The summed E-state index contributed by atoms with van der Waals surface area (Å²) in [5, 5.41) is 5.79. The first-order valence-corrected chi connectivity index (χ1v) is 6.95. The van der Waals surface area contributed by atoms with Crippen molar-refractivity contribution in [1.82, 2.24) is 15.3 Å². The lowest BCUT2D eigenvalue weighted by atomic mass is 10.0. The minimum atomic E-state index is 0.836. The molecule has 2 aromatic carbocycles. The molecule has 20 heavy (non-hydrogen) atoms. The third-order valence-corrected chi connectivity index (χ3v) is 3.84. The highest BCUT2D eigenvalue weighted by Crippen LogP contribution is 2.26. The summed E-state index contributed by atoms with van der Waals surface area (Å²) < 4.78 is 0. The molecule has 0 spiro atoms. The van der Waals surface area contributed by atoms with Crippen molar-refractivity contribution in [3.05, 3.63) is 59.9 Å². The van der Waals surface area contributed by atoms with Crippen LogP contribution in [0.1, 0.15) is 11.3 Å². The highest BCUT2D eigenvalue weighted by Gasteiger charge is 2.13. The molecule has 0 bridgehead atoms. The number of nitrogens with zero attached hydrogens (tertiary/aromatic N) is 2. The Labute approximate surface area is 117 Å². The Morgan fingerprint density at radius 2 is 1.90 bits per heavy atom. The van der Waals surface area contributed by atoms with Gasteiger partial charge < -0.3 is 5.32 Å². The smallest absolute Gasteiger partial charge is 0.160 e. The maximum Gasteiger partial charge on any atom is 0.160 e.